The van der Waals surface area contributed by atoms with Gasteiger partial charge in [-0.1, -0.05) is 40.5 Å². The summed E-state index contributed by atoms with van der Waals surface area (Å²) in [6, 6.07) is 0. The van der Waals surface area contributed by atoms with E-state index in [1.807, 2.05) is 6.92 Å². The van der Waals surface area contributed by atoms with Crippen LogP contribution < -0.4 is 0 Å². The van der Waals surface area contributed by atoms with E-state index in [0.717, 1.165) is 6.42 Å². The maximum Gasteiger partial charge on any atom is 0.308 e. The van der Waals surface area contributed by atoms with Crippen molar-refractivity contribution in [3.63, 3.8) is 0 Å². The minimum Gasteiger partial charge on any atom is -0.466 e. The number of ketones is 1. The second-order valence-corrected chi connectivity index (χ2v) is 6.10. The van der Waals surface area contributed by atoms with Gasteiger partial charge in [0.2, 0.25) is 0 Å². The fourth-order valence-electron chi connectivity index (χ4n) is 2.05. The van der Waals surface area contributed by atoms with Crippen LogP contribution in [0.15, 0.2) is 0 Å². The van der Waals surface area contributed by atoms with Crippen molar-refractivity contribution in [3.8, 4) is 0 Å². The van der Waals surface area contributed by atoms with Crippen LogP contribution in [0.4, 0.5) is 0 Å². The zero-order chi connectivity index (χ0) is 16.0. The number of hydrogen-bond donors (Lipinski definition) is 2. The summed E-state index contributed by atoms with van der Waals surface area (Å²) in [5.41, 5.74) is -2.36. The van der Waals surface area contributed by atoms with Gasteiger partial charge in [0, 0.05) is 0 Å². The van der Waals surface area contributed by atoms with Crippen LogP contribution in [0.3, 0.4) is 0 Å². The molecule has 0 heterocycles. The van der Waals surface area contributed by atoms with Crippen LogP contribution in [0.25, 0.3) is 0 Å². The van der Waals surface area contributed by atoms with Gasteiger partial charge in [0.05, 0.1) is 13.0 Å². The lowest BCUT2D eigenvalue weighted by molar-refractivity contribution is -0.164. The number of rotatable bonds is 8. The number of unbranched alkanes of at least 4 members (excludes halogenated alkanes) is 1. The second kappa shape index (κ2) is 7.74. The van der Waals surface area contributed by atoms with Crippen molar-refractivity contribution in [1.82, 2.24) is 0 Å². The monoisotopic (exact) mass is 288 g/mol. The predicted octanol–water partition coefficient (Wildman–Crippen LogP) is 1.84. The van der Waals surface area contributed by atoms with Gasteiger partial charge in [0.15, 0.2) is 5.78 Å². The van der Waals surface area contributed by atoms with Crippen LogP contribution in [0, 0.1) is 5.41 Å². The van der Waals surface area contributed by atoms with E-state index in [0.29, 0.717) is 6.42 Å². The third-order valence-electron chi connectivity index (χ3n) is 3.51. The number of Topliss-reactive ketones (excluding diaryl/α,β-unsaturated/α-hetero) is 1. The molecule has 0 aromatic heterocycles. The molecule has 0 aliphatic carbocycles. The predicted molar refractivity (Wildman–Crippen MR) is 76.2 cm³/mol. The van der Waals surface area contributed by atoms with Gasteiger partial charge in [-0.25, -0.2) is 0 Å². The molecule has 0 unspecified atom stereocenters. The quantitative estimate of drug-likeness (QED) is 0.666. The molecule has 0 saturated carbocycles. The minimum absolute atomic E-state index is 0.194. The van der Waals surface area contributed by atoms with Gasteiger partial charge < -0.3 is 14.9 Å². The summed E-state index contributed by atoms with van der Waals surface area (Å²) >= 11 is 0. The van der Waals surface area contributed by atoms with Crippen LogP contribution in [0.1, 0.15) is 60.3 Å². The number of ether oxygens (including phenoxy) is 1. The third-order valence-corrected chi connectivity index (χ3v) is 3.51. The Morgan fingerprint density at radius 2 is 1.75 bits per heavy atom. The van der Waals surface area contributed by atoms with E-state index in [9.17, 15) is 19.8 Å². The van der Waals surface area contributed by atoms with Crippen molar-refractivity contribution in [2.75, 3.05) is 6.61 Å². The summed E-state index contributed by atoms with van der Waals surface area (Å²) in [7, 11) is 0. The Kier molecular flexibility index (Phi) is 7.38. The molecule has 2 N–H and O–H groups in total. The molecule has 0 spiro atoms. The first kappa shape index (κ1) is 19.1. The molecule has 20 heavy (non-hydrogen) atoms. The summed E-state index contributed by atoms with van der Waals surface area (Å²) in [5.74, 6) is -1.34. The number of aliphatic hydroxyl groups is 2. The topological polar surface area (TPSA) is 83.8 Å². The maximum absolute atomic E-state index is 12.3. The third kappa shape index (κ3) is 4.87. The highest BCUT2D eigenvalue weighted by atomic mass is 16.5. The molecular weight excluding hydrogens is 260 g/mol. The Hall–Kier alpha value is -0.940. The van der Waals surface area contributed by atoms with Crippen molar-refractivity contribution in [1.29, 1.82) is 0 Å². The zero-order valence-corrected chi connectivity index (χ0v) is 13.2. The standard InChI is InChI=1S/C15H28O5/c1-6-8-9-15(19,14(3,4)5)13(18)11(16)10-12(17)20-7-2/h11,16,19H,6-10H2,1-5H3/t11-,15-/m1/s1. The molecule has 0 fully saturated rings. The highest BCUT2D eigenvalue weighted by molar-refractivity contribution is 5.94. The molecule has 0 saturated heterocycles. The number of aliphatic hydroxyl groups excluding tert-OH is 1. The first-order chi connectivity index (χ1) is 9.10. The lowest BCUT2D eigenvalue weighted by atomic mass is 9.69. The van der Waals surface area contributed by atoms with E-state index < -0.39 is 35.3 Å². The van der Waals surface area contributed by atoms with E-state index in [1.165, 1.54) is 0 Å². The van der Waals surface area contributed by atoms with Gasteiger partial charge in [-0.3, -0.25) is 9.59 Å². The summed E-state index contributed by atoms with van der Waals surface area (Å²) < 4.78 is 4.71. The fraction of sp³-hybridized carbons (Fsp3) is 0.867. The zero-order valence-electron chi connectivity index (χ0n) is 13.2. The highest BCUT2D eigenvalue weighted by Crippen LogP contribution is 2.36. The van der Waals surface area contributed by atoms with Crippen molar-refractivity contribution in [3.05, 3.63) is 0 Å². The average molecular weight is 288 g/mol. The molecule has 118 valence electrons. The van der Waals surface area contributed by atoms with Gasteiger partial charge in [-0.2, -0.15) is 0 Å². The Bertz CT molecular complexity index is 332. The van der Waals surface area contributed by atoms with E-state index in [-0.39, 0.29) is 13.0 Å². The van der Waals surface area contributed by atoms with Crippen molar-refractivity contribution in [2.24, 2.45) is 5.41 Å². The molecule has 5 nitrogen and oxygen atoms in total. The van der Waals surface area contributed by atoms with Crippen LogP contribution in [-0.2, 0) is 14.3 Å². The summed E-state index contributed by atoms with van der Waals surface area (Å²) in [5, 5.41) is 20.6. The Morgan fingerprint density at radius 3 is 2.15 bits per heavy atom. The van der Waals surface area contributed by atoms with E-state index in [1.54, 1.807) is 27.7 Å². The Balaban J connectivity index is 5.00. The number of carbonyl (C=O) groups is 2. The normalized spacial score (nSPS) is 16.4. The number of hydrogen-bond acceptors (Lipinski definition) is 5. The average Bonchev–Trinajstić information content (AvgIpc) is 2.33. The van der Waals surface area contributed by atoms with Gasteiger partial charge in [0.1, 0.15) is 11.7 Å². The SMILES string of the molecule is CCCC[C@@](O)(C(=O)[C@H](O)CC(=O)OCC)C(C)(C)C. The van der Waals surface area contributed by atoms with Crippen LogP contribution in [0.5, 0.6) is 0 Å². The summed E-state index contributed by atoms with van der Waals surface area (Å²) in [4.78, 5) is 23.7. The van der Waals surface area contributed by atoms with Crippen LogP contribution in [0.2, 0.25) is 0 Å². The molecule has 0 rings (SSSR count). The van der Waals surface area contributed by atoms with E-state index >= 15 is 0 Å². The van der Waals surface area contributed by atoms with Crippen LogP contribution in [-0.4, -0.2) is 40.3 Å². The first-order valence-corrected chi connectivity index (χ1v) is 7.20. The molecule has 0 aliphatic rings. The first-order valence-electron chi connectivity index (χ1n) is 7.20. The van der Waals surface area contributed by atoms with E-state index in [4.69, 9.17) is 4.74 Å². The van der Waals surface area contributed by atoms with Gasteiger partial charge in [0.25, 0.3) is 0 Å². The molecule has 0 aromatic carbocycles. The molecule has 5 heteroatoms. The minimum atomic E-state index is -1.64. The van der Waals surface area contributed by atoms with Crippen molar-refractivity contribution >= 4 is 11.8 Å². The number of carbonyl (C=O) groups excluding carboxylic acids is 2. The summed E-state index contributed by atoms with van der Waals surface area (Å²) in [6.45, 7) is 9.05. The molecular formula is C15H28O5. The smallest absolute Gasteiger partial charge is 0.308 e. The number of esters is 1. The van der Waals surface area contributed by atoms with E-state index in [2.05, 4.69) is 0 Å². The van der Waals surface area contributed by atoms with Crippen molar-refractivity contribution < 1.29 is 24.5 Å². The molecule has 0 aliphatic heterocycles. The largest absolute Gasteiger partial charge is 0.466 e. The second-order valence-electron chi connectivity index (χ2n) is 6.10. The molecule has 2 atom stereocenters. The fourth-order valence-corrected chi connectivity index (χ4v) is 2.05. The van der Waals surface area contributed by atoms with Gasteiger partial charge in [-0.15, -0.1) is 0 Å². The molecule has 0 bridgehead atoms. The summed E-state index contributed by atoms with van der Waals surface area (Å²) in [6.07, 6.45) is -0.177. The van der Waals surface area contributed by atoms with Gasteiger partial charge in [-0.05, 0) is 18.8 Å². The Morgan fingerprint density at radius 1 is 1.20 bits per heavy atom. The lowest BCUT2D eigenvalue weighted by Gasteiger charge is -2.40. The van der Waals surface area contributed by atoms with Gasteiger partial charge >= 0.3 is 5.97 Å². The highest BCUT2D eigenvalue weighted by Gasteiger charge is 2.48. The lowest BCUT2D eigenvalue weighted by Crippen LogP contribution is -2.54. The molecule has 0 radical (unpaired) electrons. The van der Waals surface area contributed by atoms with Crippen molar-refractivity contribution in [2.45, 2.75) is 72.0 Å². The molecule has 0 aromatic rings. The molecule has 0 amide bonds. The Labute approximate surface area is 121 Å². The van der Waals surface area contributed by atoms with Crippen LogP contribution >= 0.6 is 0 Å². The maximum atomic E-state index is 12.3.